The molecule has 1 aromatic rings. The van der Waals surface area contributed by atoms with Crippen LogP contribution >= 0.6 is 27.7 Å². The number of nitrogens with two attached hydrogens (primary N) is 1. The Morgan fingerprint density at radius 1 is 1.56 bits per heavy atom. The second-order valence-electron chi connectivity index (χ2n) is 4.48. The molecular weight excluding hydrogens is 316 g/mol. The summed E-state index contributed by atoms with van der Waals surface area (Å²) in [6, 6.07) is 5.71. The number of thioether (sulfide) groups is 1. The van der Waals surface area contributed by atoms with Crippen molar-refractivity contribution in [3.05, 3.63) is 28.2 Å². The molecule has 18 heavy (non-hydrogen) atoms. The summed E-state index contributed by atoms with van der Waals surface area (Å²) in [6.45, 7) is 0. The molecule has 0 unspecified atom stereocenters. The third-order valence-corrected chi connectivity index (χ3v) is 4.92. The maximum absolute atomic E-state index is 10.8. The fourth-order valence-electron chi connectivity index (χ4n) is 1.95. The van der Waals surface area contributed by atoms with E-state index in [-0.39, 0.29) is 5.37 Å². The van der Waals surface area contributed by atoms with E-state index >= 15 is 0 Å². The fraction of sp³-hybridized carbons (Fsp3) is 0.417. The molecule has 0 amide bonds. The van der Waals surface area contributed by atoms with Gasteiger partial charge in [-0.3, -0.25) is 0 Å². The second kappa shape index (κ2) is 5.50. The van der Waals surface area contributed by atoms with Crippen LogP contribution in [0.25, 0.3) is 0 Å². The van der Waals surface area contributed by atoms with Gasteiger partial charge in [0, 0.05) is 24.1 Å². The summed E-state index contributed by atoms with van der Waals surface area (Å²) in [4.78, 5) is 12.8. The lowest BCUT2D eigenvalue weighted by Gasteiger charge is -2.17. The number of benzene rings is 1. The Morgan fingerprint density at radius 2 is 2.28 bits per heavy atom. The van der Waals surface area contributed by atoms with Gasteiger partial charge in [-0.15, -0.1) is 0 Å². The minimum Gasteiger partial charge on any atom is -0.544 e. The summed E-state index contributed by atoms with van der Waals surface area (Å²) < 4.78 is 1.02. The van der Waals surface area contributed by atoms with Gasteiger partial charge in [0.1, 0.15) is 12.0 Å². The molecule has 4 nitrogen and oxygen atoms in total. The topological polar surface area (TPSA) is 60.0 Å². The molecule has 1 fully saturated rings. The van der Waals surface area contributed by atoms with Gasteiger partial charge in [0.05, 0.1) is 11.4 Å². The van der Waals surface area contributed by atoms with Crippen LogP contribution in [0.4, 0.5) is 5.69 Å². The van der Waals surface area contributed by atoms with Crippen LogP contribution in [-0.2, 0) is 4.79 Å². The van der Waals surface area contributed by atoms with E-state index in [0.29, 0.717) is 5.75 Å². The second-order valence-corrected chi connectivity index (χ2v) is 6.51. The standard InChI is InChI=1S/C12H15BrN2O2S/c1-15(2)10-4-3-7(5-8(10)13)11-14-9(6-18-11)12(16)17/h3-5,9,11,14H,6H2,1-2H3,(H,16,17)/t9-,11+/m0/s1. The molecule has 6 heteroatoms. The van der Waals surface area contributed by atoms with Gasteiger partial charge < -0.3 is 20.1 Å². The van der Waals surface area contributed by atoms with E-state index in [1.165, 1.54) is 0 Å². The molecule has 2 rings (SSSR count). The highest BCUT2D eigenvalue weighted by Gasteiger charge is 2.31. The first-order valence-electron chi connectivity index (χ1n) is 5.63. The predicted octanol–water partition coefficient (Wildman–Crippen LogP) is -0.0576. The minimum atomic E-state index is -0.978. The average Bonchev–Trinajstić information content (AvgIpc) is 2.77. The van der Waals surface area contributed by atoms with Crippen LogP contribution in [0.15, 0.2) is 22.7 Å². The normalized spacial score (nSPS) is 23.1. The van der Waals surface area contributed by atoms with Gasteiger partial charge in [-0.05, 0) is 28.1 Å². The number of quaternary nitrogens is 1. The summed E-state index contributed by atoms with van der Waals surface area (Å²) in [5.41, 5.74) is 2.24. The van der Waals surface area contributed by atoms with Crippen LogP contribution in [-0.4, -0.2) is 31.9 Å². The van der Waals surface area contributed by atoms with Crippen molar-refractivity contribution in [2.45, 2.75) is 11.4 Å². The Hall–Kier alpha value is -0.720. The number of carboxylic acids is 1. The molecular formula is C12H15BrN2O2S. The number of nitrogens with zero attached hydrogens (tertiary/aromatic N) is 1. The number of carboxylic acid groups (broad SMARTS) is 1. The SMILES string of the molecule is CN(C)c1ccc([C@@H]2[NH2+][C@H](C(=O)[O-])CS2)cc1Br. The van der Waals surface area contributed by atoms with Gasteiger partial charge in [0.25, 0.3) is 0 Å². The van der Waals surface area contributed by atoms with Gasteiger partial charge in [-0.2, -0.15) is 0 Å². The predicted molar refractivity (Wildman–Crippen MR) is 74.4 cm³/mol. The molecule has 0 radical (unpaired) electrons. The zero-order valence-corrected chi connectivity index (χ0v) is 12.6. The van der Waals surface area contributed by atoms with E-state index in [0.717, 1.165) is 15.7 Å². The van der Waals surface area contributed by atoms with Crippen molar-refractivity contribution in [3.63, 3.8) is 0 Å². The van der Waals surface area contributed by atoms with E-state index in [2.05, 4.69) is 22.0 Å². The number of hydrogen-bond donors (Lipinski definition) is 1. The first kappa shape index (κ1) is 13.7. The first-order chi connectivity index (χ1) is 8.49. The molecule has 0 saturated carbocycles. The third-order valence-electron chi connectivity index (χ3n) is 2.95. The number of anilines is 1. The van der Waals surface area contributed by atoms with Crippen LogP contribution in [0.1, 0.15) is 10.9 Å². The molecule has 0 aromatic heterocycles. The van der Waals surface area contributed by atoms with Crippen LogP contribution in [0.2, 0.25) is 0 Å². The van der Waals surface area contributed by atoms with Crippen LogP contribution in [0, 0.1) is 0 Å². The molecule has 1 aliphatic rings. The Bertz CT molecular complexity index is 467. The van der Waals surface area contributed by atoms with E-state index in [1.807, 2.05) is 36.4 Å². The third kappa shape index (κ3) is 2.81. The smallest absolute Gasteiger partial charge is 0.159 e. The zero-order chi connectivity index (χ0) is 13.3. The molecule has 98 valence electrons. The Balaban J connectivity index is 2.16. The summed E-state index contributed by atoms with van der Waals surface area (Å²) in [7, 11) is 3.98. The molecule has 2 N–H and O–H groups in total. The Kier molecular flexibility index (Phi) is 4.19. The van der Waals surface area contributed by atoms with Crippen LogP contribution in [0.3, 0.4) is 0 Å². The number of carbonyl (C=O) groups is 1. The molecule has 1 aliphatic heterocycles. The average molecular weight is 331 g/mol. The van der Waals surface area contributed by atoms with Crippen molar-refractivity contribution in [1.82, 2.24) is 0 Å². The molecule has 1 aromatic carbocycles. The highest BCUT2D eigenvalue weighted by Crippen LogP contribution is 2.32. The van der Waals surface area contributed by atoms with Crippen LogP contribution in [0.5, 0.6) is 0 Å². The van der Waals surface area contributed by atoms with E-state index < -0.39 is 12.0 Å². The van der Waals surface area contributed by atoms with Crippen molar-refractivity contribution in [1.29, 1.82) is 0 Å². The number of carbonyl (C=O) groups excluding carboxylic acids is 1. The van der Waals surface area contributed by atoms with E-state index in [1.54, 1.807) is 11.8 Å². The Labute approximate surface area is 119 Å². The quantitative estimate of drug-likeness (QED) is 0.843. The molecule has 0 aliphatic carbocycles. The van der Waals surface area contributed by atoms with Crippen molar-refractivity contribution < 1.29 is 15.2 Å². The number of halogens is 1. The monoisotopic (exact) mass is 330 g/mol. The van der Waals surface area contributed by atoms with Crippen molar-refractivity contribution in [2.24, 2.45) is 0 Å². The summed E-state index contributed by atoms with van der Waals surface area (Å²) in [5.74, 6) is -0.381. The van der Waals surface area contributed by atoms with Crippen molar-refractivity contribution in [3.8, 4) is 0 Å². The molecule has 1 heterocycles. The maximum Gasteiger partial charge on any atom is 0.159 e. The maximum atomic E-state index is 10.8. The van der Waals surface area contributed by atoms with Crippen LogP contribution < -0.4 is 15.3 Å². The lowest BCUT2D eigenvalue weighted by molar-refractivity contribution is -0.690. The summed E-state index contributed by atoms with van der Waals surface area (Å²) in [5, 5.41) is 12.8. The Morgan fingerprint density at radius 3 is 2.78 bits per heavy atom. The number of aliphatic carboxylic acids is 1. The first-order valence-corrected chi connectivity index (χ1v) is 7.47. The largest absolute Gasteiger partial charge is 0.544 e. The highest BCUT2D eigenvalue weighted by molar-refractivity contribution is 9.10. The molecule has 1 saturated heterocycles. The lowest BCUT2D eigenvalue weighted by atomic mass is 10.2. The van der Waals surface area contributed by atoms with Crippen molar-refractivity contribution >= 4 is 39.3 Å². The number of rotatable bonds is 3. The minimum absolute atomic E-state index is 0.139. The van der Waals surface area contributed by atoms with E-state index in [9.17, 15) is 9.90 Å². The summed E-state index contributed by atoms with van der Waals surface area (Å²) in [6.07, 6.45) is 0. The molecule has 0 spiro atoms. The van der Waals surface area contributed by atoms with Gasteiger partial charge >= 0.3 is 0 Å². The zero-order valence-electron chi connectivity index (χ0n) is 10.2. The van der Waals surface area contributed by atoms with Gasteiger partial charge in [0.15, 0.2) is 5.37 Å². The van der Waals surface area contributed by atoms with Gasteiger partial charge in [-0.25, -0.2) is 0 Å². The number of hydrogen-bond acceptors (Lipinski definition) is 4. The van der Waals surface area contributed by atoms with Gasteiger partial charge in [0.2, 0.25) is 0 Å². The van der Waals surface area contributed by atoms with Gasteiger partial charge in [-0.1, -0.05) is 17.8 Å². The van der Waals surface area contributed by atoms with Crippen molar-refractivity contribution in [2.75, 3.05) is 24.7 Å². The fourth-order valence-corrected chi connectivity index (χ4v) is 4.00. The molecule has 2 atom stereocenters. The molecule has 0 bridgehead atoms. The summed E-state index contributed by atoms with van der Waals surface area (Å²) >= 11 is 5.19. The highest BCUT2D eigenvalue weighted by atomic mass is 79.9. The van der Waals surface area contributed by atoms with E-state index in [4.69, 9.17) is 0 Å². The lowest BCUT2D eigenvalue weighted by Crippen LogP contribution is -2.90.